The second-order valence-electron chi connectivity index (χ2n) is 6.17. The Morgan fingerprint density at radius 3 is 2.58 bits per heavy atom. The van der Waals surface area contributed by atoms with Gasteiger partial charge in [-0.3, -0.25) is 9.52 Å². The van der Waals surface area contributed by atoms with Crippen LogP contribution in [0.4, 0.5) is 0 Å². The summed E-state index contributed by atoms with van der Waals surface area (Å²) in [5.74, 6) is 0.612. The number of hydrogen-bond donors (Lipinski definition) is 2. The van der Waals surface area contributed by atoms with Crippen LogP contribution in [0.25, 0.3) is 10.9 Å². The first-order chi connectivity index (χ1) is 11.6. The number of amides is 1. The lowest BCUT2D eigenvalue weighted by Crippen LogP contribution is -2.20. The number of H-pyrrole nitrogens is 1. The van der Waals surface area contributed by atoms with Crippen molar-refractivity contribution >= 4 is 28.9 Å². The van der Waals surface area contributed by atoms with Gasteiger partial charge >= 0.3 is 0 Å². The third kappa shape index (κ3) is 4.54. The second kappa shape index (κ2) is 9.14. The average molecular weight is 348 g/mol. The van der Waals surface area contributed by atoms with Gasteiger partial charge in [0, 0.05) is 34.8 Å². The topological polar surface area (TPSA) is 48.1 Å². The Bertz CT molecular complexity index is 660. The summed E-state index contributed by atoms with van der Waals surface area (Å²) >= 11 is 1.29. The van der Waals surface area contributed by atoms with Crippen LogP contribution in [-0.4, -0.2) is 29.3 Å². The summed E-state index contributed by atoms with van der Waals surface area (Å²) in [7, 11) is 3.80. The van der Waals surface area contributed by atoms with Crippen molar-refractivity contribution in [3.8, 4) is 0 Å². The quantitative estimate of drug-likeness (QED) is 0.757. The highest BCUT2D eigenvalue weighted by molar-refractivity contribution is 7.95. The zero-order chi connectivity index (χ0) is 17.5. The lowest BCUT2D eigenvalue weighted by molar-refractivity contribution is 0.0983. The van der Waals surface area contributed by atoms with Crippen molar-refractivity contribution < 1.29 is 4.79 Å². The maximum Gasteiger partial charge on any atom is 0.262 e. The standard InChI is InChI=1S/C17H23N3OS.C2H6/c1-20(2)22-19-17(21)13-8-9-14-15(11-18-16(14)10-13)12-6-4-3-5-7-12;1-2/h8-12,18H,3-7H2,1-2H3,(H,19,21);1-2H3. The molecule has 1 aliphatic rings. The summed E-state index contributed by atoms with van der Waals surface area (Å²) < 4.78 is 4.68. The van der Waals surface area contributed by atoms with E-state index < -0.39 is 0 Å². The smallest absolute Gasteiger partial charge is 0.262 e. The third-order valence-electron chi connectivity index (χ3n) is 4.34. The molecule has 1 aromatic heterocycles. The van der Waals surface area contributed by atoms with Crippen LogP contribution in [0, 0.1) is 0 Å². The third-order valence-corrected chi connectivity index (χ3v) is 4.98. The van der Waals surface area contributed by atoms with E-state index in [2.05, 4.69) is 22.0 Å². The lowest BCUT2D eigenvalue weighted by Gasteiger charge is -2.21. The number of nitrogens with zero attached hydrogens (tertiary/aromatic N) is 1. The summed E-state index contributed by atoms with van der Waals surface area (Å²) in [5, 5.41) is 1.27. The zero-order valence-corrected chi connectivity index (χ0v) is 16.0. The van der Waals surface area contributed by atoms with Gasteiger partial charge in [-0.05, 0) is 50.6 Å². The van der Waals surface area contributed by atoms with Gasteiger partial charge in [-0.1, -0.05) is 39.2 Å². The van der Waals surface area contributed by atoms with Crippen molar-refractivity contribution in [3.05, 3.63) is 35.5 Å². The van der Waals surface area contributed by atoms with Crippen LogP contribution >= 0.6 is 12.1 Å². The van der Waals surface area contributed by atoms with E-state index >= 15 is 0 Å². The van der Waals surface area contributed by atoms with Gasteiger partial charge in [0.05, 0.1) is 0 Å². The first kappa shape index (κ1) is 18.9. The predicted octanol–water partition coefficient (Wildman–Crippen LogP) is 5.10. The van der Waals surface area contributed by atoms with E-state index in [1.54, 1.807) is 0 Å². The molecule has 1 fully saturated rings. The van der Waals surface area contributed by atoms with Crippen LogP contribution in [0.15, 0.2) is 24.4 Å². The number of benzene rings is 1. The molecule has 2 N–H and O–H groups in total. The minimum atomic E-state index is -0.0607. The number of carbonyl (C=O) groups excluding carboxylic acids is 1. The molecule has 0 aliphatic heterocycles. The summed E-state index contributed by atoms with van der Waals surface area (Å²) in [6, 6.07) is 5.96. The molecule has 2 aromatic rings. The molecule has 1 saturated carbocycles. The number of rotatable bonds is 4. The van der Waals surface area contributed by atoms with Crippen molar-refractivity contribution in [2.45, 2.75) is 51.9 Å². The van der Waals surface area contributed by atoms with Crippen molar-refractivity contribution in [1.29, 1.82) is 0 Å². The number of nitrogens with one attached hydrogen (secondary N) is 2. The first-order valence-electron chi connectivity index (χ1n) is 8.91. The normalized spacial score (nSPS) is 15.2. The number of aromatic amines is 1. The molecule has 0 bridgehead atoms. The highest BCUT2D eigenvalue weighted by Crippen LogP contribution is 2.36. The minimum absolute atomic E-state index is 0.0607. The molecule has 5 heteroatoms. The molecule has 3 rings (SSSR count). The molecule has 1 aliphatic carbocycles. The summed E-state index contributed by atoms with van der Waals surface area (Å²) in [6.07, 6.45) is 8.74. The van der Waals surface area contributed by atoms with E-state index in [1.807, 2.05) is 44.4 Å². The van der Waals surface area contributed by atoms with E-state index in [4.69, 9.17) is 0 Å². The molecule has 1 amide bonds. The molecular weight excluding hydrogens is 318 g/mol. The monoisotopic (exact) mass is 347 g/mol. The molecular formula is C19H29N3OS. The maximum atomic E-state index is 12.1. The Morgan fingerprint density at radius 1 is 1.21 bits per heavy atom. The van der Waals surface area contributed by atoms with Crippen molar-refractivity contribution in [3.63, 3.8) is 0 Å². The van der Waals surface area contributed by atoms with Crippen molar-refractivity contribution in [2.75, 3.05) is 14.1 Å². The van der Waals surface area contributed by atoms with Crippen molar-refractivity contribution in [2.24, 2.45) is 0 Å². The molecule has 0 saturated heterocycles. The van der Waals surface area contributed by atoms with Crippen LogP contribution in [0.2, 0.25) is 0 Å². The van der Waals surface area contributed by atoms with Crippen LogP contribution in [-0.2, 0) is 0 Å². The van der Waals surface area contributed by atoms with E-state index in [1.165, 1.54) is 55.2 Å². The van der Waals surface area contributed by atoms with Gasteiger partial charge in [0.2, 0.25) is 0 Å². The van der Waals surface area contributed by atoms with Crippen LogP contribution in [0.1, 0.15) is 67.8 Å². The van der Waals surface area contributed by atoms with Crippen LogP contribution in [0.3, 0.4) is 0 Å². The Labute approximate surface area is 149 Å². The van der Waals surface area contributed by atoms with Gasteiger partial charge in [0.1, 0.15) is 0 Å². The van der Waals surface area contributed by atoms with Crippen LogP contribution < -0.4 is 4.72 Å². The van der Waals surface area contributed by atoms with Gasteiger partial charge in [-0.2, -0.15) is 0 Å². The molecule has 0 radical (unpaired) electrons. The van der Waals surface area contributed by atoms with E-state index in [9.17, 15) is 4.79 Å². The summed E-state index contributed by atoms with van der Waals surface area (Å²) in [4.78, 5) is 15.5. The van der Waals surface area contributed by atoms with Gasteiger partial charge in [-0.15, -0.1) is 0 Å². The van der Waals surface area contributed by atoms with Gasteiger partial charge in [-0.25, -0.2) is 4.31 Å². The SMILES string of the molecule is CC.CN(C)SNC(=O)c1ccc2c(C3CCCCC3)c[nH]c2c1. The molecule has 0 spiro atoms. The molecule has 0 atom stereocenters. The van der Waals surface area contributed by atoms with Gasteiger partial charge in [0.25, 0.3) is 5.91 Å². The molecule has 1 heterocycles. The molecule has 4 nitrogen and oxygen atoms in total. The largest absolute Gasteiger partial charge is 0.361 e. The summed E-state index contributed by atoms with van der Waals surface area (Å²) in [6.45, 7) is 4.00. The van der Waals surface area contributed by atoms with E-state index in [0.29, 0.717) is 11.5 Å². The number of hydrogen-bond acceptors (Lipinski definition) is 3. The highest BCUT2D eigenvalue weighted by Gasteiger charge is 2.19. The predicted molar refractivity (Wildman–Crippen MR) is 104 cm³/mol. The fourth-order valence-corrected chi connectivity index (χ4v) is 3.62. The highest BCUT2D eigenvalue weighted by atomic mass is 32.2. The molecule has 0 unspecified atom stereocenters. The molecule has 24 heavy (non-hydrogen) atoms. The molecule has 1 aromatic carbocycles. The van der Waals surface area contributed by atoms with Gasteiger partial charge < -0.3 is 4.98 Å². The van der Waals surface area contributed by atoms with Crippen LogP contribution in [0.5, 0.6) is 0 Å². The Hall–Kier alpha value is -1.46. The lowest BCUT2D eigenvalue weighted by atomic mass is 9.84. The number of fused-ring (bicyclic) bond motifs is 1. The fraction of sp³-hybridized carbons (Fsp3) is 0.526. The zero-order valence-electron chi connectivity index (χ0n) is 15.2. The Balaban J connectivity index is 0.00000100. The second-order valence-corrected chi connectivity index (χ2v) is 7.29. The number of carbonyl (C=O) groups is 1. The van der Waals surface area contributed by atoms with Gasteiger partial charge in [0.15, 0.2) is 0 Å². The Kier molecular flexibility index (Phi) is 7.18. The molecule has 132 valence electrons. The van der Waals surface area contributed by atoms with Crippen molar-refractivity contribution in [1.82, 2.24) is 14.0 Å². The number of aromatic nitrogens is 1. The minimum Gasteiger partial charge on any atom is -0.361 e. The first-order valence-corrected chi connectivity index (χ1v) is 9.68. The van der Waals surface area contributed by atoms with E-state index in [-0.39, 0.29) is 5.91 Å². The summed E-state index contributed by atoms with van der Waals surface area (Å²) in [5.41, 5.74) is 3.17. The van der Waals surface area contributed by atoms with E-state index in [0.717, 1.165) is 5.52 Å². The fourth-order valence-electron chi connectivity index (χ4n) is 3.23. The maximum absolute atomic E-state index is 12.1. The average Bonchev–Trinajstić information content (AvgIpc) is 3.05. The Morgan fingerprint density at radius 2 is 1.92 bits per heavy atom.